The summed E-state index contributed by atoms with van der Waals surface area (Å²) in [5, 5.41) is 0. The summed E-state index contributed by atoms with van der Waals surface area (Å²) in [5.41, 5.74) is 1.28. The molecule has 0 aromatic heterocycles. The SMILES string of the molecule is C[C@H](c1ccccc1)N1C[C-]1C1=NC(C)(C)CO1.[Li+]. The van der Waals surface area contributed by atoms with Crippen molar-refractivity contribution in [2.24, 2.45) is 4.99 Å². The molecule has 2 atom stereocenters. The zero-order chi connectivity index (χ0) is 12.8. The van der Waals surface area contributed by atoms with Gasteiger partial charge in [0, 0.05) is 6.04 Å². The number of benzene rings is 1. The zero-order valence-electron chi connectivity index (χ0n) is 12.2. The molecule has 2 aliphatic heterocycles. The van der Waals surface area contributed by atoms with Crippen LogP contribution in [0.5, 0.6) is 0 Å². The van der Waals surface area contributed by atoms with Crippen LogP contribution < -0.4 is 18.9 Å². The second-order valence-corrected chi connectivity index (χ2v) is 5.68. The van der Waals surface area contributed by atoms with Crippen LogP contribution >= 0.6 is 0 Å². The van der Waals surface area contributed by atoms with Gasteiger partial charge in [0.2, 0.25) is 0 Å². The van der Waals surface area contributed by atoms with Crippen LogP contribution in [0.1, 0.15) is 32.4 Å². The molecule has 96 valence electrons. The molecule has 2 aliphatic rings. The van der Waals surface area contributed by atoms with Gasteiger partial charge in [-0.15, -0.1) is 6.54 Å². The Hall–Kier alpha value is -0.883. The van der Waals surface area contributed by atoms with E-state index in [0.29, 0.717) is 12.6 Å². The minimum Gasteiger partial charge on any atom is -0.506 e. The van der Waals surface area contributed by atoms with E-state index in [9.17, 15) is 0 Å². The van der Waals surface area contributed by atoms with Crippen molar-refractivity contribution in [2.45, 2.75) is 32.4 Å². The van der Waals surface area contributed by atoms with E-state index in [1.165, 1.54) is 11.6 Å². The average molecular weight is 250 g/mol. The van der Waals surface area contributed by atoms with Crippen molar-refractivity contribution in [3.8, 4) is 0 Å². The molecule has 1 saturated heterocycles. The third-order valence-electron chi connectivity index (χ3n) is 3.53. The summed E-state index contributed by atoms with van der Waals surface area (Å²) in [6, 6.07) is 12.2. The van der Waals surface area contributed by atoms with Gasteiger partial charge >= 0.3 is 18.9 Å². The van der Waals surface area contributed by atoms with Crippen LogP contribution in [0.4, 0.5) is 0 Å². The van der Waals surface area contributed by atoms with Gasteiger partial charge in [0.05, 0.1) is 11.4 Å². The van der Waals surface area contributed by atoms with E-state index in [2.05, 4.69) is 61.0 Å². The van der Waals surface area contributed by atoms with Crippen LogP contribution in [0.15, 0.2) is 35.3 Å². The first-order valence-electron chi connectivity index (χ1n) is 6.47. The number of aliphatic imine (C=N–C) groups is 1. The number of hydrogen-bond acceptors (Lipinski definition) is 3. The standard InChI is InChI=1S/C15H19N2O.Li/c1-11(12-7-5-4-6-8-12)17-9-13(17)14-16-15(2,3)10-18-14;/h4-8,11H,9-10H2,1-3H3;/q-1;+1/t11-,17?;/m1./s1. The van der Waals surface area contributed by atoms with Crippen molar-refractivity contribution >= 4 is 5.90 Å². The Morgan fingerprint density at radius 1 is 1.32 bits per heavy atom. The minimum atomic E-state index is -0.0629. The maximum Gasteiger partial charge on any atom is 1.00 e. The molecule has 3 rings (SSSR count). The smallest absolute Gasteiger partial charge is 0.506 e. The zero-order valence-corrected chi connectivity index (χ0v) is 12.2. The van der Waals surface area contributed by atoms with Gasteiger partial charge in [-0.3, -0.25) is 4.99 Å². The van der Waals surface area contributed by atoms with Crippen molar-refractivity contribution < 1.29 is 23.6 Å². The summed E-state index contributed by atoms with van der Waals surface area (Å²) in [6.45, 7) is 8.11. The van der Waals surface area contributed by atoms with Gasteiger partial charge in [-0.2, -0.15) is 0 Å². The molecule has 0 amide bonds. The van der Waals surface area contributed by atoms with E-state index >= 15 is 0 Å². The summed E-state index contributed by atoms with van der Waals surface area (Å²) < 4.78 is 5.68. The first-order chi connectivity index (χ1) is 8.57. The molecular weight excluding hydrogens is 231 g/mol. The van der Waals surface area contributed by atoms with Gasteiger partial charge in [0.15, 0.2) is 0 Å². The van der Waals surface area contributed by atoms with Gasteiger partial charge in [0.1, 0.15) is 6.61 Å². The molecule has 19 heavy (non-hydrogen) atoms. The molecule has 0 saturated carbocycles. The van der Waals surface area contributed by atoms with Crippen molar-refractivity contribution in [1.82, 2.24) is 4.90 Å². The quantitative estimate of drug-likeness (QED) is 0.422. The Morgan fingerprint density at radius 3 is 2.58 bits per heavy atom. The van der Waals surface area contributed by atoms with Gasteiger partial charge in [-0.25, -0.2) is 6.04 Å². The van der Waals surface area contributed by atoms with Gasteiger partial charge in [-0.05, 0) is 26.3 Å². The summed E-state index contributed by atoms with van der Waals surface area (Å²) in [5.74, 6) is 0.850. The molecule has 1 aromatic rings. The fraction of sp³-hybridized carbons (Fsp3) is 0.467. The number of ether oxygens (including phenoxy) is 1. The number of hydrogen-bond donors (Lipinski definition) is 0. The predicted octanol–water partition coefficient (Wildman–Crippen LogP) is -0.194. The Bertz CT molecular complexity index is 472. The fourth-order valence-electron chi connectivity index (χ4n) is 2.33. The molecule has 4 heteroatoms. The van der Waals surface area contributed by atoms with E-state index in [4.69, 9.17) is 4.74 Å². The molecule has 1 fully saturated rings. The van der Waals surface area contributed by atoms with Crippen molar-refractivity contribution in [3.05, 3.63) is 41.9 Å². The molecule has 1 unspecified atom stereocenters. The molecule has 0 aliphatic carbocycles. The first kappa shape index (κ1) is 14.5. The number of rotatable bonds is 3. The molecule has 0 bridgehead atoms. The summed E-state index contributed by atoms with van der Waals surface area (Å²) in [6.07, 6.45) is 0. The molecule has 1 aromatic carbocycles. The molecule has 0 N–H and O–H groups in total. The second-order valence-electron chi connectivity index (χ2n) is 5.68. The predicted molar refractivity (Wildman–Crippen MR) is 72.3 cm³/mol. The largest absolute Gasteiger partial charge is 1.00 e. The van der Waals surface area contributed by atoms with Crippen molar-refractivity contribution in [2.75, 3.05) is 13.2 Å². The van der Waals surface area contributed by atoms with Crippen LogP contribution in [0.3, 0.4) is 0 Å². The second kappa shape index (κ2) is 5.24. The Labute approximate surface area is 127 Å². The Morgan fingerprint density at radius 2 is 2.00 bits per heavy atom. The molecule has 2 heterocycles. The Balaban J connectivity index is 0.00000133. The summed E-state index contributed by atoms with van der Waals surface area (Å²) in [7, 11) is 0. The van der Waals surface area contributed by atoms with E-state index in [0.717, 1.165) is 12.4 Å². The monoisotopic (exact) mass is 250 g/mol. The summed E-state index contributed by atoms with van der Waals surface area (Å²) in [4.78, 5) is 6.97. The van der Waals surface area contributed by atoms with E-state index in [1.54, 1.807) is 0 Å². The van der Waals surface area contributed by atoms with Crippen LogP contribution in [0, 0.1) is 6.04 Å². The number of nitrogens with zero attached hydrogens (tertiary/aromatic N) is 2. The van der Waals surface area contributed by atoms with E-state index < -0.39 is 0 Å². The fourth-order valence-corrected chi connectivity index (χ4v) is 2.33. The van der Waals surface area contributed by atoms with E-state index in [-0.39, 0.29) is 24.4 Å². The maximum absolute atomic E-state index is 5.68. The first-order valence-corrected chi connectivity index (χ1v) is 6.47. The Kier molecular flexibility index (Phi) is 4.01. The minimum absolute atomic E-state index is 0. The van der Waals surface area contributed by atoms with Crippen LogP contribution in [-0.2, 0) is 4.74 Å². The summed E-state index contributed by atoms with van der Waals surface area (Å²) >= 11 is 0. The third kappa shape index (κ3) is 3.00. The van der Waals surface area contributed by atoms with Crippen LogP contribution in [-0.4, -0.2) is 29.5 Å². The van der Waals surface area contributed by atoms with Gasteiger partial charge in [0.25, 0.3) is 0 Å². The van der Waals surface area contributed by atoms with Crippen molar-refractivity contribution in [1.29, 1.82) is 0 Å². The van der Waals surface area contributed by atoms with Crippen LogP contribution in [0.2, 0.25) is 0 Å². The molecule has 0 spiro atoms. The van der Waals surface area contributed by atoms with Crippen LogP contribution in [0.25, 0.3) is 0 Å². The topological polar surface area (TPSA) is 24.6 Å². The van der Waals surface area contributed by atoms with Crippen molar-refractivity contribution in [3.63, 3.8) is 0 Å². The van der Waals surface area contributed by atoms with E-state index in [1.807, 2.05) is 0 Å². The average Bonchev–Trinajstić information content (AvgIpc) is 3.08. The molecule has 0 radical (unpaired) electrons. The van der Waals surface area contributed by atoms with Gasteiger partial charge in [-0.1, -0.05) is 30.3 Å². The third-order valence-corrected chi connectivity index (χ3v) is 3.53. The maximum atomic E-state index is 5.68. The normalized spacial score (nSPS) is 25.1. The van der Waals surface area contributed by atoms with Gasteiger partial charge < -0.3 is 9.64 Å². The molecular formula is C15H19LiN2O. The molecule has 3 nitrogen and oxygen atoms in total.